The molecule has 7 heteroatoms. The molecule has 152 valence electrons. The van der Waals surface area contributed by atoms with Gasteiger partial charge >= 0.3 is 0 Å². The van der Waals surface area contributed by atoms with Crippen LogP contribution in [0.15, 0.2) is 24.3 Å². The van der Waals surface area contributed by atoms with Gasteiger partial charge in [-0.3, -0.25) is 14.5 Å². The third kappa shape index (κ3) is 4.31. The molecular weight excluding hydrogens is 358 g/mol. The predicted molar refractivity (Wildman–Crippen MR) is 104 cm³/mol. The van der Waals surface area contributed by atoms with Crippen molar-refractivity contribution in [2.45, 2.75) is 31.9 Å². The minimum atomic E-state index is 0.0428. The van der Waals surface area contributed by atoms with Crippen LogP contribution in [0.1, 0.15) is 30.1 Å². The molecule has 0 atom stereocenters. The lowest BCUT2D eigenvalue weighted by atomic mass is 9.98. The quantitative estimate of drug-likeness (QED) is 0.778. The van der Waals surface area contributed by atoms with E-state index in [1.807, 2.05) is 34.1 Å². The van der Waals surface area contributed by atoms with Crippen LogP contribution in [-0.2, 0) is 9.53 Å². The Morgan fingerprint density at radius 3 is 2.43 bits per heavy atom. The zero-order valence-electron chi connectivity index (χ0n) is 16.5. The number of rotatable bonds is 4. The van der Waals surface area contributed by atoms with Gasteiger partial charge in [0.15, 0.2) is 0 Å². The van der Waals surface area contributed by atoms with Gasteiger partial charge in [0.25, 0.3) is 5.91 Å². The first kappa shape index (κ1) is 19.2. The topological polar surface area (TPSA) is 62.3 Å². The van der Waals surface area contributed by atoms with Gasteiger partial charge in [0.05, 0.1) is 13.2 Å². The summed E-state index contributed by atoms with van der Waals surface area (Å²) in [7, 11) is 0. The second kappa shape index (κ2) is 8.49. The Kier molecular flexibility index (Phi) is 5.82. The van der Waals surface area contributed by atoms with E-state index in [0.29, 0.717) is 37.9 Å². The zero-order chi connectivity index (χ0) is 19.5. The van der Waals surface area contributed by atoms with Crippen LogP contribution in [0.25, 0.3) is 0 Å². The number of piperidine rings is 1. The number of hydrogen-bond donors (Lipinski definition) is 0. The lowest BCUT2D eigenvalue weighted by molar-refractivity contribution is -0.131. The van der Waals surface area contributed by atoms with Crippen LogP contribution in [0, 0.1) is 0 Å². The fourth-order valence-electron chi connectivity index (χ4n) is 4.23. The van der Waals surface area contributed by atoms with Gasteiger partial charge in [-0.1, -0.05) is 6.07 Å². The molecule has 1 aromatic rings. The predicted octanol–water partition coefficient (Wildman–Crippen LogP) is 1.23. The molecular formula is C21H29N3O4. The number of ether oxygens (including phenoxy) is 2. The van der Waals surface area contributed by atoms with Crippen LogP contribution in [0.3, 0.4) is 0 Å². The molecule has 0 spiro atoms. The third-order valence-electron chi connectivity index (χ3n) is 5.98. The molecule has 3 fully saturated rings. The molecule has 0 unspecified atom stereocenters. The van der Waals surface area contributed by atoms with Crippen LogP contribution in [0.4, 0.5) is 0 Å². The Labute approximate surface area is 166 Å². The van der Waals surface area contributed by atoms with Gasteiger partial charge in [-0.2, -0.15) is 0 Å². The van der Waals surface area contributed by atoms with Crippen molar-refractivity contribution >= 4 is 11.8 Å². The van der Waals surface area contributed by atoms with Crippen molar-refractivity contribution in [1.29, 1.82) is 0 Å². The van der Waals surface area contributed by atoms with Crippen molar-refractivity contribution in [3.8, 4) is 5.75 Å². The molecule has 0 saturated carbocycles. The summed E-state index contributed by atoms with van der Waals surface area (Å²) in [4.78, 5) is 30.3. The summed E-state index contributed by atoms with van der Waals surface area (Å²) in [6.45, 7) is 7.66. The molecule has 3 aliphatic rings. The molecule has 0 N–H and O–H groups in total. The highest BCUT2D eigenvalue weighted by Gasteiger charge is 2.35. The fourth-order valence-corrected chi connectivity index (χ4v) is 4.23. The van der Waals surface area contributed by atoms with Crippen LogP contribution < -0.4 is 4.74 Å². The average molecular weight is 387 g/mol. The standard InChI is InChI=1S/C21H29N3O4/c1-16(25)22-7-5-18(6-8-22)24-14-20(15-24)28-19-4-2-3-17(13-19)21(26)23-9-11-27-12-10-23/h2-4,13,18,20H,5-12,14-15H2,1H3. The van der Waals surface area contributed by atoms with E-state index in [4.69, 9.17) is 9.47 Å². The molecule has 28 heavy (non-hydrogen) atoms. The van der Waals surface area contributed by atoms with E-state index in [-0.39, 0.29) is 17.9 Å². The molecule has 0 aliphatic carbocycles. The maximum atomic E-state index is 12.6. The van der Waals surface area contributed by atoms with Crippen LogP contribution in [0.5, 0.6) is 5.75 Å². The highest BCUT2D eigenvalue weighted by atomic mass is 16.5. The van der Waals surface area contributed by atoms with Crippen molar-refractivity contribution < 1.29 is 19.1 Å². The van der Waals surface area contributed by atoms with Crippen molar-refractivity contribution in [1.82, 2.24) is 14.7 Å². The molecule has 1 aromatic carbocycles. The van der Waals surface area contributed by atoms with Crippen LogP contribution in [0.2, 0.25) is 0 Å². The summed E-state index contributed by atoms with van der Waals surface area (Å²) in [5.74, 6) is 0.978. The normalized spacial score (nSPS) is 22.0. The maximum absolute atomic E-state index is 12.6. The second-order valence-corrected chi connectivity index (χ2v) is 7.86. The van der Waals surface area contributed by atoms with Gasteiger partial charge < -0.3 is 19.3 Å². The van der Waals surface area contributed by atoms with E-state index in [1.165, 1.54) is 0 Å². The number of likely N-dealkylation sites (tertiary alicyclic amines) is 2. The first-order chi connectivity index (χ1) is 13.6. The molecule has 4 rings (SSSR count). The Hall–Kier alpha value is -2.12. The van der Waals surface area contributed by atoms with Crippen molar-refractivity contribution in [2.24, 2.45) is 0 Å². The van der Waals surface area contributed by atoms with Crippen molar-refractivity contribution in [2.75, 3.05) is 52.5 Å². The van der Waals surface area contributed by atoms with Gasteiger partial charge in [0, 0.05) is 57.8 Å². The first-order valence-corrected chi connectivity index (χ1v) is 10.2. The largest absolute Gasteiger partial charge is 0.488 e. The van der Waals surface area contributed by atoms with E-state index < -0.39 is 0 Å². The zero-order valence-corrected chi connectivity index (χ0v) is 16.5. The Morgan fingerprint density at radius 2 is 1.75 bits per heavy atom. The summed E-state index contributed by atoms with van der Waals surface area (Å²) in [5.41, 5.74) is 0.673. The van der Waals surface area contributed by atoms with E-state index in [1.54, 1.807) is 6.92 Å². The number of carbonyl (C=O) groups is 2. The Morgan fingerprint density at radius 1 is 1.04 bits per heavy atom. The third-order valence-corrected chi connectivity index (χ3v) is 5.98. The Balaban J connectivity index is 1.26. The number of nitrogens with zero attached hydrogens (tertiary/aromatic N) is 3. The summed E-state index contributed by atoms with van der Waals surface area (Å²) in [6, 6.07) is 8.05. The van der Waals surface area contributed by atoms with E-state index >= 15 is 0 Å². The van der Waals surface area contributed by atoms with Crippen LogP contribution >= 0.6 is 0 Å². The van der Waals surface area contributed by atoms with Gasteiger partial charge in [0.1, 0.15) is 11.9 Å². The van der Waals surface area contributed by atoms with Gasteiger partial charge in [-0.25, -0.2) is 0 Å². The number of carbonyl (C=O) groups excluding carboxylic acids is 2. The fraction of sp³-hybridized carbons (Fsp3) is 0.619. The molecule has 7 nitrogen and oxygen atoms in total. The molecule has 2 amide bonds. The Bertz CT molecular complexity index is 705. The molecule has 0 radical (unpaired) electrons. The lowest BCUT2D eigenvalue weighted by Gasteiger charge is -2.46. The summed E-state index contributed by atoms with van der Waals surface area (Å²) in [6.07, 6.45) is 2.24. The molecule has 3 heterocycles. The number of benzene rings is 1. The summed E-state index contributed by atoms with van der Waals surface area (Å²) >= 11 is 0. The number of morpholine rings is 1. The monoisotopic (exact) mass is 387 g/mol. The number of amides is 2. The highest BCUT2D eigenvalue weighted by molar-refractivity contribution is 5.94. The maximum Gasteiger partial charge on any atom is 0.254 e. The SMILES string of the molecule is CC(=O)N1CCC(N2CC(Oc3cccc(C(=O)N4CCOCC4)c3)C2)CC1. The molecule has 3 aliphatic heterocycles. The molecule has 0 aromatic heterocycles. The summed E-state index contributed by atoms with van der Waals surface area (Å²) in [5, 5.41) is 0. The minimum absolute atomic E-state index is 0.0428. The van der Waals surface area contributed by atoms with Gasteiger partial charge in [-0.15, -0.1) is 0 Å². The molecule has 0 bridgehead atoms. The summed E-state index contributed by atoms with van der Waals surface area (Å²) < 4.78 is 11.4. The van der Waals surface area contributed by atoms with Crippen molar-refractivity contribution in [3.63, 3.8) is 0 Å². The van der Waals surface area contributed by atoms with Crippen molar-refractivity contribution in [3.05, 3.63) is 29.8 Å². The minimum Gasteiger partial charge on any atom is -0.488 e. The van der Waals surface area contributed by atoms with E-state index in [9.17, 15) is 9.59 Å². The second-order valence-electron chi connectivity index (χ2n) is 7.86. The first-order valence-electron chi connectivity index (χ1n) is 10.2. The van der Waals surface area contributed by atoms with Gasteiger partial charge in [0.2, 0.25) is 5.91 Å². The highest BCUT2D eigenvalue weighted by Crippen LogP contribution is 2.25. The van der Waals surface area contributed by atoms with Gasteiger partial charge in [-0.05, 0) is 31.0 Å². The number of hydrogen-bond acceptors (Lipinski definition) is 5. The van der Waals surface area contributed by atoms with E-state index in [2.05, 4.69) is 4.90 Å². The lowest BCUT2D eigenvalue weighted by Crippen LogP contribution is -2.59. The van der Waals surface area contributed by atoms with E-state index in [0.717, 1.165) is 44.8 Å². The average Bonchev–Trinajstić information content (AvgIpc) is 2.71. The van der Waals surface area contributed by atoms with Crippen LogP contribution in [-0.4, -0.2) is 91.1 Å². The molecule has 3 saturated heterocycles. The smallest absolute Gasteiger partial charge is 0.254 e.